The van der Waals surface area contributed by atoms with E-state index in [0.717, 1.165) is 35.3 Å². The predicted octanol–water partition coefficient (Wildman–Crippen LogP) is 5.34. The third-order valence-corrected chi connectivity index (χ3v) is 6.65. The molecule has 10 heteroatoms. The Morgan fingerprint density at radius 3 is 2.82 bits per heavy atom. The van der Waals surface area contributed by atoms with Gasteiger partial charge in [0.25, 0.3) is 5.89 Å². The maximum Gasteiger partial charge on any atom is 0.283 e. The number of anilines is 1. The average Bonchev–Trinajstić information content (AvgIpc) is 3.63. The average molecular weight is 467 g/mol. The standard InChI is InChI=1S/C23H26N6O3S/c1-30-18-10-5-7-16(13-18)24-14-20-25-28-23(29(20)17-8-3-2-4-9-17)33-15-21-26-27-22(32-21)19-11-6-12-31-19/h5-7,10-13,17,24H,2-4,8-9,14-15H2,1H3. The molecule has 1 N–H and O–H groups in total. The molecule has 5 rings (SSSR count). The highest BCUT2D eigenvalue weighted by Gasteiger charge is 2.23. The van der Waals surface area contributed by atoms with Crippen LogP contribution in [-0.2, 0) is 12.3 Å². The van der Waals surface area contributed by atoms with Gasteiger partial charge in [0.1, 0.15) is 5.75 Å². The van der Waals surface area contributed by atoms with Crippen molar-refractivity contribution in [3.05, 3.63) is 54.4 Å². The van der Waals surface area contributed by atoms with Gasteiger partial charge >= 0.3 is 0 Å². The van der Waals surface area contributed by atoms with Crippen LogP contribution in [0.25, 0.3) is 11.7 Å². The Hall–Kier alpha value is -3.27. The van der Waals surface area contributed by atoms with Crippen LogP contribution in [0.3, 0.4) is 0 Å². The number of thioether (sulfide) groups is 1. The fraction of sp³-hybridized carbons (Fsp3) is 0.391. The molecule has 0 amide bonds. The highest BCUT2D eigenvalue weighted by molar-refractivity contribution is 7.98. The van der Waals surface area contributed by atoms with Crippen LogP contribution in [0.1, 0.15) is 49.9 Å². The van der Waals surface area contributed by atoms with Crippen LogP contribution >= 0.6 is 11.8 Å². The third kappa shape index (κ3) is 5.05. The first-order valence-electron chi connectivity index (χ1n) is 11.1. The van der Waals surface area contributed by atoms with Gasteiger partial charge in [0.15, 0.2) is 16.7 Å². The van der Waals surface area contributed by atoms with Crippen LogP contribution in [0.2, 0.25) is 0 Å². The minimum absolute atomic E-state index is 0.382. The quantitative estimate of drug-likeness (QED) is 0.327. The van der Waals surface area contributed by atoms with E-state index in [-0.39, 0.29) is 0 Å². The summed E-state index contributed by atoms with van der Waals surface area (Å²) in [6, 6.07) is 11.9. The molecule has 0 saturated heterocycles. The van der Waals surface area contributed by atoms with E-state index in [2.05, 4.69) is 30.3 Å². The molecule has 0 radical (unpaired) electrons. The zero-order valence-electron chi connectivity index (χ0n) is 18.4. The Morgan fingerprint density at radius 2 is 2.00 bits per heavy atom. The van der Waals surface area contributed by atoms with E-state index in [1.54, 1.807) is 37.3 Å². The molecule has 33 heavy (non-hydrogen) atoms. The van der Waals surface area contributed by atoms with Gasteiger partial charge < -0.3 is 23.5 Å². The van der Waals surface area contributed by atoms with E-state index in [0.29, 0.717) is 35.9 Å². The lowest BCUT2D eigenvalue weighted by atomic mass is 9.95. The molecular formula is C23H26N6O3S. The summed E-state index contributed by atoms with van der Waals surface area (Å²) in [6.45, 7) is 0.584. The number of nitrogens with one attached hydrogen (secondary N) is 1. The number of ether oxygens (including phenoxy) is 1. The summed E-state index contributed by atoms with van der Waals surface area (Å²) in [5, 5.41) is 21.6. The number of benzene rings is 1. The van der Waals surface area contributed by atoms with Crippen LogP contribution in [0, 0.1) is 0 Å². The first-order valence-corrected chi connectivity index (χ1v) is 12.1. The Bertz CT molecular complexity index is 1170. The lowest BCUT2D eigenvalue weighted by Crippen LogP contribution is -2.18. The number of hydrogen-bond acceptors (Lipinski definition) is 9. The molecule has 4 aromatic rings. The monoisotopic (exact) mass is 466 g/mol. The summed E-state index contributed by atoms with van der Waals surface area (Å²) in [7, 11) is 1.67. The minimum atomic E-state index is 0.382. The third-order valence-electron chi connectivity index (χ3n) is 5.72. The summed E-state index contributed by atoms with van der Waals surface area (Å²) < 4.78 is 18.7. The van der Waals surface area contributed by atoms with Gasteiger partial charge in [-0.15, -0.1) is 20.4 Å². The number of aromatic nitrogens is 5. The number of hydrogen-bond donors (Lipinski definition) is 1. The zero-order valence-corrected chi connectivity index (χ0v) is 19.3. The van der Waals surface area contributed by atoms with Gasteiger partial charge in [0.2, 0.25) is 5.89 Å². The van der Waals surface area contributed by atoms with Crippen molar-refractivity contribution >= 4 is 17.4 Å². The van der Waals surface area contributed by atoms with Crippen LogP contribution in [0.5, 0.6) is 5.75 Å². The minimum Gasteiger partial charge on any atom is -0.497 e. The molecule has 0 spiro atoms. The lowest BCUT2D eigenvalue weighted by Gasteiger charge is -2.25. The van der Waals surface area contributed by atoms with Crippen molar-refractivity contribution in [3.8, 4) is 17.4 Å². The van der Waals surface area contributed by atoms with E-state index in [4.69, 9.17) is 13.6 Å². The highest BCUT2D eigenvalue weighted by Crippen LogP contribution is 2.34. The number of methoxy groups -OCH3 is 1. The normalized spacial score (nSPS) is 14.5. The Balaban J connectivity index is 1.31. The number of rotatable bonds is 9. The molecule has 9 nitrogen and oxygen atoms in total. The molecule has 172 valence electrons. The molecular weight excluding hydrogens is 440 g/mol. The van der Waals surface area contributed by atoms with Crippen LogP contribution < -0.4 is 10.1 Å². The zero-order chi connectivity index (χ0) is 22.5. The Kier molecular flexibility index (Phi) is 6.61. The van der Waals surface area contributed by atoms with Gasteiger partial charge in [-0.1, -0.05) is 37.1 Å². The van der Waals surface area contributed by atoms with Crippen molar-refractivity contribution in [1.29, 1.82) is 0 Å². The maximum atomic E-state index is 5.75. The summed E-state index contributed by atoms with van der Waals surface area (Å²) >= 11 is 1.57. The van der Waals surface area contributed by atoms with E-state index < -0.39 is 0 Å². The van der Waals surface area contributed by atoms with Crippen molar-refractivity contribution in [2.24, 2.45) is 0 Å². The molecule has 0 unspecified atom stereocenters. The number of nitrogens with zero attached hydrogens (tertiary/aromatic N) is 5. The first-order chi connectivity index (χ1) is 16.3. The smallest absolute Gasteiger partial charge is 0.283 e. The molecule has 1 aromatic carbocycles. The summed E-state index contributed by atoms with van der Waals surface area (Å²) in [5.74, 6) is 3.73. The van der Waals surface area contributed by atoms with Gasteiger partial charge in [-0.2, -0.15) is 0 Å². The largest absolute Gasteiger partial charge is 0.497 e. The second-order valence-electron chi connectivity index (χ2n) is 7.91. The van der Waals surface area contributed by atoms with Crippen LogP contribution in [0.4, 0.5) is 5.69 Å². The van der Waals surface area contributed by atoms with Crippen LogP contribution in [-0.4, -0.2) is 32.1 Å². The molecule has 0 bridgehead atoms. The van der Waals surface area contributed by atoms with Crippen molar-refractivity contribution in [2.75, 3.05) is 12.4 Å². The SMILES string of the molecule is COc1cccc(NCc2nnc(SCc3nnc(-c4ccco4)o3)n2C2CCCCC2)c1. The van der Waals surface area contributed by atoms with Gasteiger partial charge in [-0.3, -0.25) is 0 Å². The second-order valence-corrected chi connectivity index (χ2v) is 8.86. The summed E-state index contributed by atoms with van der Waals surface area (Å²) in [4.78, 5) is 0. The Morgan fingerprint density at radius 1 is 1.09 bits per heavy atom. The topological polar surface area (TPSA) is 104 Å². The van der Waals surface area contributed by atoms with Gasteiger partial charge in [-0.05, 0) is 37.1 Å². The molecule has 3 heterocycles. The van der Waals surface area contributed by atoms with Gasteiger partial charge in [0, 0.05) is 17.8 Å². The van der Waals surface area contributed by atoms with E-state index >= 15 is 0 Å². The van der Waals surface area contributed by atoms with Crippen molar-refractivity contribution in [2.45, 2.75) is 55.6 Å². The second kappa shape index (κ2) is 10.1. The van der Waals surface area contributed by atoms with Crippen LogP contribution in [0.15, 0.2) is 56.7 Å². The van der Waals surface area contributed by atoms with Crippen molar-refractivity contribution in [3.63, 3.8) is 0 Å². The number of furan rings is 1. The molecule has 1 aliphatic carbocycles. The predicted molar refractivity (Wildman–Crippen MR) is 124 cm³/mol. The van der Waals surface area contributed by atoms with E-state index in [9.17, 15) is 0 Å². The summed E-state index contributed by atoms with van der Waals surface area (Å²) in [5.41, 5.74) is 0.984. The Labute approximate surface area is 195 Å². The van der Waals surface area contributed by atoms with Crippen molar-refractivity contribution < 1.29 is 13.6 Å². The molecule has 1 aliphatic rings. The highest BCUT2D eigenvalue weighted by atomic mass is 32.2. The molecule has 3 aromatic heterocycles. The lowest BCUT2D eigenvalue weighted by molar-refractivity contribution is 0.330. The maximum absolute atomic E-state index is 5.75. The molecule has 1 fully saturated rings. The first kappa shape index (κ1) is 21.6. The van der Waals surface area contributed by atoms with Crippen molar-refractivity contribution in [1.82, 2.24) is 25.0 Å². The summed E-state index contributed by atoms with van der Waals surface area (Å²) in [6.07, 6.45) is 7.61. The molecule has 1 saturated carbocycles. The van der Waals surface area contributed by atoms with Gasteiger partial charge in [-0.25, -0.2) is 0 Å². The fourth-order valence-electron chi connectivity index (χ4n) is 4.08. The fourth-order valence-corrected chi connectivity index (χ4v) is 4.95. The van der Waals surface area contributed by atoms with E-state index in [1.165, 1.54) is 19.3 Å². The van der Waals surface area contributed by atoms with Gasteiger partial charge in [0.05, 0.1) is 25.7 Å². The van der Waals surface area contributed by atoms with E-state index in [1.807, 2.05) is 24.3 Å². The molecule has 0 aliphatic heterocycles. The molecule has 0 atom stereocenters.